The highest BCUT2D eigenvalue weighted by atomic mass is 32.4. The lowest BCUT2D eigenvalue weighted by Gasteiger charge is -2.94. The van der Waals surface area contributed by atoms with Gasteiger partial charge in [0.1, 0.15) is 0 Å². The first-order valence-corrected chi connectivity index (χ1v) is 7.09. The summed E-state index contributed by atoms with van der Waals surface area (Å²) in [6.45, 7) is 0. The molecule has 1 spiro atoms. The van der Waals surface area contributed by atoms with Crippen LogP contribution in [0.5, 0.6) is 0 Å². The Bertz CT molecular complexity index is 442. The number of rotatable bonds is 0. The zero-order valence-corrected chi connectivity index (χ0v) is 7.58. The number of allylic oxidation sites excluding steroid dienone is 1. The molecule has 0 amide bonds. The molecule has 4 fully saturated rings. The molecule has 5 heteroatoms. The van der Waals surface area contributed by atoms with Gasteiger partial charge in [0.25, 0.3) is 6.29 Å². The minimum atomic E-state index is -2.82. The van der Waals surface area contributed by atoms with E-state index in [0.717, 1.165) is 22.4 Å². The van der Waals surface area contributed by atoms with E-state index >= 15 is 0 Å². The van der Waals surface area contributed by atoms with Crippen molar-refractivity contribution in [2.24, 2.45) is 0 Å². The Morgan fingerprint density at radius 2 is 1.92 bits per heavy atom. The third kappa shape index (κ3) is 0.302. The van der Waals surface area contributed by atoms with Crippen LogP contribution in [0.4, 0.5) is 0 Å². The van der Waals surface area contributed by atoms with Crippen molar-refractivity contribution >= 4 is 8.86 Å². The fourth-order valence-electron chi connectivity index (χ4n) is 3.18. The van der Waals surface area contributed by atoms with E-state index in [9.17, 15) is 0 Å². The topological polar surface area (TPSA) is 36.9 Å². The van der Waals surface area contributed by atoms with Crippen LogP contribution in [0.2, 0.25) is 0 Å². The molecular weight excluding hydrogens is 192 g/mol. The molecule has 6 aliphatic heterocycles. The number of fused-ring (bicyclic) bond motifs is 1. The van der Waals surface area contributed by atoms with Gasteiger partial charge in [0.05, 0.1) is 11.5 Å². The van der Waals surface area contributed by atoms with E-state index < -0.39 is 8.86 Å². The molecule has 6 rings (SSSR count). The smallest absolute Gasteiger partial charge is 0.257 e. The second-order valence-electron chi connectivity index (χ2n) is 4.42. The van der Waals surface area contributed by atoms with Gasteiger partial charge in [0.2, 0.25) is 11.4 Å². The Hall–Kier alpha value is -0.650. The molecule has 4 saturated heterocycles. The number of hydrogen-bond acceptors (Lipinski definition) is 4. The lowest BCUT2D eigenvalue weighted by atomic mass is 10.5. The first-order valence-electron chi connectivity index (χ1n) is 4.39. The first-order chi connectivity index (χ1) is 6.19. The van der Waals surface area contributed by atoms with Crippen molar-refractivity contribution < 1.29 is 17.8 Å². The molecule has 1 unspecified atom stereocenters. The Kier molecular flexibility index (Phi) is 0.472. The van der Waals surface area contributed by atoms with Crippen molar-refractivity contribution in [3.05, 3.63) is 22.3 Å². The van der Waals surface area contributed by atoms with Crippen molar-refractivity contribution in [2.45, 2.75) is 12.6 Å². The second-order valence-corrected chi connectivity index (χ2v) is 9.80. The van der Waals surface area contributed by atoms with Crippen molar-refractivity contribution in [1.29, 1.82) is 0 Å². The fourth-order valence-corrected chi connectivity index (χ4v) is 8.75. The Labute approximate surface area is 73.8 Å². The molecule has 6 heterocycles. The van der Waals surface area contributed by atoms with E-state index in [4.69, 9.17) is 17.8 Å². The lowest BCUT2D eigenvalue weighted by Crippen LogP contribution is -2.72. The van der Waals surface area contributed by atoms with Crippen LogP contribution in [0.1, 0.15) is 0 Å². The lowest BCUT2D eigenvalue weighted by molar-refractivity contribution is -0.123. The van der Waals surface area contributed by atoms with Gasteiger partial charge in [-0.2, -0.15) is 0 Å². The normalized spacial score (nSPS) is 56.6. The molecular formula is C8H8O4S. The maximum absolute atomic E-state index is 5.92. The fraction of sp³-hybridized carbons (Fsp3) is 0.500. The summed E-state index contributed by atoms with van der Waals surface area (Å²) in [5, 5.41) is 2.98. The van der Waals surface area contributed by atoms with Crippen LogP contribution in [0.15, 0.2) is 22.3 Å². The first kappa shape index (κ1) is 5.95. The van der Waals surface area contributed by atoms with Gasteiger partial charge in [0.15, 0.2) is 5.76 Å². The van der Waals surface area contributed by atoms with Crippen LogP contribution in [0, 0.1) is 0 Å². The molecule has 13 heavy (non-hydrogen) atoms. The SMILES string of the molecule is C1=CS234(CC5OC1=C2O5)CC(O3)O4. The minimum absolute atomic E-state index is 0.0288. The summed E-state index contributed by atoms with van der Waals surface area (Å²) in [4.78, 5) is 0. The van der Waals surface area contributed by atoms with Crippen LogP contribution >= 0.6 is 8.86 Å². The molecule has 0 radical (unpaired) electrons. The number of hydrogen-bond donors (Lipinski definition) is 0. The van der Waals surface area contributed by atoms with Gasteiger partial charge < -0.3 is 9.47 Å². The van der Waals surface area contributed by atoms with Gasteiger partial charge in [-0.25, -0.2) is 8.86 Å². The quantitative estimate of drug-likeness (QED) is 0.588. The van der Waals surface area contributed by atoms with Gasteiger partial charge in [-0.3, -0.25) is 8.37 Å². The molecule has 70 valence electrons. The summed E-state index contributed by atoms with van der Waals surface area (Å²) in [6, 6.07) is 0. The van der Waals surface area contributed by atoms with Gasteiger partial charge in [-0.1, -0.05) is 0 Å². The van der Waals surface area contributed by atoms with Gasteiger partial charge in [-0.15, -0.1) is 0 Å². The van der Waals surface area contributed by atoms with Crippen molar-refractivity contribution in [2.75, 3.05) is 11.5 Å². The Morgan fingerprint density at radius 3 is 2.46 bits per heavy atom. The summed E-state index contributed by atoms with van der Waals surface area (Å²) < 4.78 is 23.0. The second kappa shape index (κ2) is 1.03. The van der Waals surface area contributed by atoms with E-state index in [1.54, 1.807) is 0 Å². The predicted octanol–water partition coefficient (Wildman–Crippen LogP) is 1.16. The predicted molar refractivity (Wildman–Crippen MR) is 45.4 cm³/mol. The summed E-state index contributed by atoms with van der Waals surface area (Å²) >= 11 is 0. The molecule has 4 nitrogen and oxygen atoms in total. The summed E-state index contributed by atoms with van der Waals surface area (Å²) in [5.74, 6) is 2.62. The maximum atomic E-state index is 5.92. The largest absolute Gasteiger partial charge is 0.448 e. The number of ether oxygens (including phenoxy) is 2. The molecule has 1 atom stereocenters. The molecule has 0 aromatic heterocycles. The highest BCUT2D eigenvalue weighted by Crippen LogP contribution is 3.13. The molecule has 0 saturated carbocycles. The van der Waals surface area contributed by atoms with Crippen LogP contribution in [0.25, 0.3) is 0 Å². The zero-order valence-electron chi connectivity index (χ0n) is 6.76. The average molecular weight is 200 g/mol. The highest BCUT2D eigenvalue weighted by Gasteiger charge is 2.87. The Morgan fingerprint density at radius 1 is 1.15 bits per heavy atom. The average Bonchev–Trinajstić information content (AvgIpc) is 2.49. The van der Waals surface area contributed by atoms with Gasteiger partial charge in [0, 0.05) is 5.41 Å². The third-order valence-electron chi connectivity index (χ3n) is 3.72. The molecule has 6 aliphatic rings. The van der Waals surface area contributed by atoms with Crippen molar-refractivity contribution in [3.63, 3.8) is 0 Å². The standard InChI is InChI=1S/C8H8O4S/c1-2-13(4-7(11-13)12-13)3-6-9-5(1)8(13)10-6/h1-2,6-7H,3-4H2. The van der Waals surface area contributed by atoms with E-state index in [-0.39, 0.29) is 12.6 Å². The summed E-state index contributed by atoms with van der Waals surface area (Å²) in [6.07, 6.45) is 1.84. The van der Waals surface area contributed by atoms with Crippen LogP contribution in [-0.4, -0.2) is 24.1 Å². The van der Waals surface area contributed by atoms with Gasteiger partial charge in [-0.05, 0) is 6.08 Å². The third-order valence-corrected chi connectivity index (χ3v) is 9.76. The molecule has 0 N–H and O–H groups in total. The molecule has 0 aliphatic carbocycles. The highest BCUT2D eigenvalue weighted by molar-refractivity contribution is 8.64. The van der Waals surface area contributed by atoms with Crippen molar-refractivity contribution in [1.82, 2.24) is 0 Å². The van der Waals surface area contributed by atoms with Gasteiger partial charge >= 0.3 is 0 Å². The van der Waals surface area contributed by atoms with E-state index in [1.165, 1.54) is 0 Å². The summed E-state index contributed by atoms with van der Waals surface area (Å²) in [5.41, 5.74) is 0. The van der Waals surface area contributed by atoms with Crippen LogP contribution in [0.3, 0.4) is 0 Å². The zero-order chi connectivity index (χ0) is 8.37. The van der Waals surface area contributed by atoms with E-state index in [0.29, 0.717) is 0 Å². The molecule has 4 bridgehead atoms. The molecule has 0 aromatic rings. The maximum Gasteiger partial charge on any atom is 0.257 e. The monoisotopic (exact) mass is 200 g/mol. The van der Waals surface area contributed by atoms with E-state index in [1.807, 2.05) is 6.08 Å². The Balaban J connectivity index is 2.01. The van der Waals surface area contributed by atoms with Crippen LogP contribution < -0.4 is 0 Å². The molecule has 0 aromatic carbocycles. The van der Waals surface area contributed by atoms with E-state index in [2.05, 4.69) is 5.41 Å². The van der Waals surface area contributed by atoms with Crippen LogP contribution in [-0.2, 0) is 17.8 Å². The minimum Gasteiger partial charge on any atom is -0.448 e. The summed E-state index contributed by atoms with van der Waals surface area (Å²) in [7, 11) is -2.82. The van der Waals surface area contributed by atoms with Crippen molar-refractivity contribution in [3.8, 4) is 0 Å².